The fourth-order valence-corrected chi connectivity index (χ4v) is 3.52. The van der Waals surface area contributed by atoms with E-state index in [0.717, 1.165) is 5.56 Å². The van der Waals surface area contributed by atoms with Gasteiger partial charge in [-0.3, -0.25) is 9.59 Å². The smallest absolute Gasteiger partial charge is 0.340 e. The molecule has 0 aliphatic heterocycles. The van der Waals surface area contributed by atoms with Crippen molar-refractivity contribution in [2.45, 2.75) is 11.3 Å². The summed E-state index contributed by atoms with van der Waals surface area (Å²) in [5.74, 6) is -1.63. The highest BCUT2D eigenvalue weighted by molar-refractivity contribution is 7.89. The van der Waals surface area contributed by atoms with Crippen LogP contribution in [-0.2, 0) is 26.0 Å². The molecule has 0 saturated carbocycles. The van der Waals surface area contributed by atoms with E-state index in [1.165, 1.54) is 18.2 Å². The second-order valence-electron chi connectivity index (χ2n) is 7.23. The SMILES string of the molecule is NS(=O)(=O)c1ccc(CCNC(=O)COC(=O)c2ccccc2NC(=O)c2ccccc2)cc1. The molecule has 34 heavy (non-hydrogen) atoms. The first kappa shape index (κ1) is 24.6. The largest absolute Gasteiger partial charge is 0.452 e. The van der Waals surface area contributed by atoms with E-state index < -0.39 is 28.5 Å². The Morgan fingerprint density at radius 1 is 0.853 bits per heavy atom. The highest BCUT2D eigenvalue weighted by Crippen LogP contribution is 2.17. The lowest BCUT2D eigenvalue weighted by atomic mass is 10.1. The maximum Gasteiger partial charge on any atom is 0.340 e. The molecular weight excluding hydrogens is 458 g/mol. The number of esters is 1. The normalized spacial score (nSPS) is 10.9. The molecule has 10 heteroatoms. The molecular formula is C24H23N3O6S. The number of carbonyl (C=O) groups is 3. The van der Waals surface area contributed by atoms with Crippen molar-refractivity contribution in [1.29, 1.82) is 0 Å². The summed E-state index contributed by atoms with van der Waals surface area (Å²) >= 11 is 0. The summed E-state index contributed by atoms with van der Waals surface area (Å²) in [4.78, 5) is 36.9. The average molecular weight is 482 g/mol. The van der Waals surface area contributed by atoms with Crippen molar-refractivity contribution in [2.24, 2.45) is 5.14 Å². The third-order valence-electron chi connectivity index (χ3n) is 4.75. The van der Waals surface area contributed by atoms with Gasteiger partial charge in [-0.25, -0.2) is 18.4 Å². The second-order valence-corrected chi connectivity index (χ2v) is 8.79. The molecule has 9 nitrogen and oxygen atoms in total. The lowest BCUT2D eigenvalue weighted by Gasteiger charge is -2.11. The molecule has 0 aliphatic rings. The molecule has 176 valence electrons. The number of nitrogens with two attached hydrogens (primary N) is 1. The number of sulfonamides is 1. The summed E-state index contributed by atoms with van der Waals surface area (Å²) in [6.45, 7) is -0.237. The number of carbonyl (C=O) groups excluding carboxylic acids is 3. The number of primary sulfonamides is 1. The molecule has 4 N–H and O–H groups in total. The standard InChI is InChI=1S/C24H23N3O6S/c25-34(31,32)19-12-10-17(11-13-19)14-15-26-22(28)16-33-24(30)20-8-4-5-9-21(20)27-23(29)18-6-2-1-3-7-18/h1-13H,14-16H2,(H,26,28)(H,27,29)(H2,25,31,32). The van der Waals surface area contributed by atoms with Crippen molar-refractivity contribution in [2.75, 3.05) is 18.5 Å². The number of hydrogen-bond acceptors (Lipinski definition) is 6. The molecule has 3 rings (SSSR count). The monoisotopic (exact) mass is 481 g/mol. The Morgan fingerprint density at radius 2 is 1.50 bits per heavy atom. The van der Waals surface area contributed by atoms with Crippen LogP contribution < -0.4 is 15.8 Å². The molecule has 0 saturated heterocycles. The zero-order chi connectivity index (χ0) is 24.6. The van der Waals surface area contributed by atoms with Gasteiger partial charge in [-0.2, -0.15) is 0 Å². The maximum absolute atomic E-state index is 12.5. The van der Waals surface area contributed by atoms with Gasteiger partial charge in [0.25, 0.3) is 11.8 Å². The van der Waals surface area contributed by atoms with Crippen LogP contribution in [0.25, 0.3) is 0 Å². The zero-order valence-electron chi connectivity index (χ0n) is 18.1. The van der Waals surface area contributed by atoms with Gasteiger partial charge in [0.1, 0.15) is 0 Å². The second kappa shape index (κ2) is 11.2. The molecule has 0 aromatic heterocycles. The Hall–Kier alpha value is -4.02. The lowest BCUT2D eigenvalue weighted by Crippen LogP contribution is -2.30. The minimum atomic E-state index is -3.76. The number of para-hydroxylation sites is 1. The number of rotatable bonds is 9. The molecule has 0 bridgehead atoms. The molecule has 3 aromatic rings. The van der Waals surface area contributed by atoms with Gasteiger partial charge in [-0.1, -0.05) is 42.5 Å². The van der Waals surface area contributed by atoms with Gasteiger partial charge >= 0.3 is 5.97 Å². The predicted molar refractivity (Wildman–Crippen MR) is 126 cm³/mol. The average Bonchev–Trinajstić information content (AvgIpc) is 2.83. The van der Waals surface area contributed by atoms with Crippen LogP contribution in [0.2, 0.25) is 0 Å². The minimum Gasteiger partial charge on any atom is -0.452 e. The van der Waals surface area contributed by atoms with Gasteiger partial charge in [0.2, 0.25) is 10.0 Å². The number of nitrogens with one attached hydrogen (secondary N) is 2. The molecule has 2 amide bonds. The van der Waals surface area contributed by atoms with Crippen LogP contribution in [0.1, 0.15) is 26.3 Å². The van der Waals surface area contributed by atoms with Gasteiger partial charge in [0.15, 0.2) is 6.61 Å². The molecule has 0 heterocycles. The summed E-state index contributed by atoms with van der Waals surface area (Å²) in [7, 11) is -3.76. The lowest BCUT2D eigenvalue weighted by molar-refractivity contribution is -0.124. The number of amides is 2. The minimum absolute atomic E-state index is 0.00689. The van der Waals surface area contributed by atoms with Crippen molar-refractivity contribution in [1.82, 2.24) is 5.32 Å². The van der Waals surface area contributed by atoms with Gasteiger partial charge in [-0.05, 0) is 48.4 Å². The van der Waals surface area contributed by atoms with Crippen molar-refractivity contribution >= 4 is 33.5 Å². The van der Waals surface area contributed by atoms with E-state index >= 15 is 0 Å². The molecule has 0 fully saturated rings. The molecule has 0 unspecified atom stereocenters. The van der Waals surface area contributed by atoms with E-state index in [0.29, 0.717) is 12.0 Å². The van der Waals surface area contributed by atoms with Crippen LogP contribution in [0.15, 0.2) is 83.8 Å². The highest BCUT2D eigenvalue weighted by atomic mass is 32.2. The highest BCUT2D eigenvalue weighted by Gasteiger charge is 2.16. The maximum atomic E-state index is 12.5. The van der Waals surface area contributed by atoms with Crippen molar-refractivity contribution in [3.8, 4) is 0 Å². The Morgan fingerprint density at radius 3 is 2.18 bits per heavy atom. The van der Waals surface area contributed by atoms with Crippen LogP contribution >= 0.6 is 0 Å². The summed E-state index contributed by atoms with van der Waals surface area (Å²) in [6.07, 6.45) is 0.443. The third kappa shape index (κ3) is 6.99. The van der Waals surface area contributed by atoms with Crippen molar-refractivity contribution in [3.05, 3.63) is 95.6 Å². The number of hydrogen-bond donors (Lipinski definition) is 3. The zero-order valence-corrected chi connectivity index (χ0v) is 18.9. The van der Waals surface area contributed by atoms with Gasteiger partial charge in [-0.15, -0.1) is 0 Å². The molecule has 3 aromatic carbocycles. The van der Waals surface area contributed by atoms with Gasteiger partial charge in [0, 0.05) is 12.1 Å². The van der Waals surface area contributed by atoms with Crippen molar-refractivity contribution < 1.29 is 27.5 Å². The Kier molecular flexibility index (Phi) is 8.12. The van der Waals surface area contributed by atoms with Gasteiger partial charge in [0.05, 0.1) is 16.1 Å². The summed E-state index contributed by atoms with van der Waals surface area (Å²) in [5, 5.41) is 10.4. The third-order valence-corrected chi connectivity index (χ3v) is 5.68. The molecule has 0 radical (unpaired) electrons. The molecule has 0 spiro atoms. The number of benzene rings is 3. The Labute approximate surface area is 197 Å². The number of ether oxygens (including phenoxy) is 1. The topological polar surface area (TPSA) is 145 Å². The Bertz CT molecular complexity index is 1280. The van der Waals surface area contributed by atoms with Crippen LogP contribution in [0.5, 0.6) is 0 Å². The summed E-state index contributed by atoms with van der Waals surface area (Å²) in [6, 6.07) is 20.9. The van der Waals surface area contributed by atoms with E-state index in [4.69, 9.17) is 9.88 Å². The fourth-order valence-electron chi connectivity index (χ4n) is 3.01. The fraction of sp³-hybridized carbons (Fsp3) is 0.125. The van der Waals surface area contributed by atoms with Crippen LogP contribution in [0, 0.1) is 0 Å². The van der Waals surface area contributed by atoms with E-state index in [-0.39, 0.29) is 28.6 Å². The summed E-state index contributed by atoms with van der Waals surface area (Å²) < 4.78 is 27.6. The Balaban J connectivity index is 1.49. The van der Waals surface area contributed by atoms with E-state index in [1.807, 2.05) is 0 Å². The number of anilines is 1. The van der Waals surface area contributed by atoms with E-state index in [9.17, 15) is 22.8 Å². The predicted octanol–water partition coefficient (Wildman–Crippen LogP) is 2.10. The van der Waals surface area contributed by atoms with Crippen molar-refractivity contribution in [3.63, 3.8) is 0 Å². The van der Waals surface area contributed by atoms with E-state index in [1.54, 1.807) is 60.7 Å². The molecule has 0 aliphatic carbocycles. The molecule has 0 atom stereocenters. The van der Waals surface area contributed by atoms with E-state index in [2.05, 4.69) is 10.6 Å². The van der Waals surface area contributed by atoms with Crippen LogP contribution in [0.4, 0.5) is 5.69 Å². The van der Waals surface area contributed by atoms with Crippen LogP contribution in [-0.4, -0.2) is 39.4 Å². The first-order valence-electron chi connectivity index (χ1n) is 10.2. The first-order valence-corrected chi connectivity index (χ1v) is 11.8. The summed E-state index contributed by atoms with van der Waals surface area (Å²) in [5.41, 5.74) is 1.62. The van der Waals surface area contributed by atoms with Gasteiger partial charge < -0.3 is 15.4 Å². The first-order chi connectivity index (χ1) is 16.2. The quantitative estimate of drug-likeness (QED) is 0.399. The van der Waals surface area contributed by atoms with Crippen LogP contribution in [0.3, 0.4) is 0 Å².